The molecule has 2 amide bonds. The van der Waals surface area contributed by atoms with E-state index in [1.807, 2.05) is 41.3 Å². The van der Waals surface area contributed by atoms with Gasteiger partial charge >= 0.3 is 5.97 Å². The number of benzene rings is 1. The molecular formula is C34H46N2O5S. The van der Waals surface area contributed by atoms with E-state index in [1.54, 1.807) is 22.7 Å². The topological polar surface area (TPSA) is 87.1 Å². The average molecular weight is 595 g/mol. The Hall–Kier alpha value is -2.58. The van der Waals surface area contributed by atoms with E-state index in [2.05, 4.69) is 13.2 Å². The number of hydrogen-bond acceptors (Lipinski definition) is 6. The van der Waals surface area contributed by atoms with E-state index in [0.29, 0.717) is 26.0 Å². The second-order valence-corrected chi connectivity index (χ2v) is 14.0. The molecule has 1 N–H and O–H groups in total. The van der Waals surface area contributed by atoms with E-state index < -0.39 is 28.7 Å². The van der Waals surface area contributed by atoms with Crippen LogP contribution in [0, 0.1) is 11.8 Å². The number of carbonyl (C=O) groups excluding carboxylic acids is 3. The van der Waals surface area contributed by atoms with Crippen molar-refractivity contribution in [2.45, 2.75) is 98.8 Å². The highest BCUT2D eigenvalue weighted by Gasteiger charge is 2.75. The van der Waals surface area contributed by atoms with Crippen LogP contribution in [0.15, 0.2) is 55.6 Å². The Morgan fingerprint density at radius 1 is 1.12 bits per heavy atom. The highest BCUT2D eigenvalue weighted by Crippen LogP contribution is 2.67. The lowest BCUT2D eigenvalue weighted by Crippen LogP contribution is -2.59. The van der Waals surface area contributed by atoms with Gasteiger partial charge < -0.3 is 19.6 Å². The van der Waals surface area contributed by atoms with Gasteiger partial charge in [-0.05, 0) is 56.9 Å². The predicted molar refractivity (Wildman–Crippen MR) is 166 cm³/mol. The number of aliphatic hydroxyl groups excluding tert-OH is 1. The fourth-order valence-electron chi connectivity index (χ4n) is 7.94. The molecular weight excluding hydrogens is 548 g/mol. The van der Waals surface area contributed by atoms with Gasteiger partial charge in [0.1, 0.15) is 6.04 Å². The Balaban J connectivity index is 1.49. The number of carbonyl (C=O) groups is 3. The fraction of sp³-hybridized carbons (Fsp3) is 0.618. The summed E-state index contributed by atoms with van der Waals surface area (Å²) >= 11 is 1.66. The van der Waals surface area contributed by atoms with Crippen LogP contribution >= 0.6 is 11.8 Å². The summed E-state index contributed by atoms with van der Waals surface area (Å²) in [6, 6.07) is 8.60. The maximum atomic E-state index is 14.8. The molecule has 4 fully saturated rings. The molecule has 5 rings (SSSR count). The van der Waals surface area contributed by atoms with E-state index in [-0.39, 0.29) is 35.7 Å². The van der Waals surface area contributed by atoms with E-state index in [4.69, 9.17) is 4.74 Å². The third kappa shape index (κ3) is 5.81. The highest BCUT2D eigenvalue weighted by molar-refractivity contribution is 8.02. The molecule has 8 heteroatoms. The summed E-state index contributed by atoms with van der Waals surface area (Å²) in [4.78, 5) is 46.6. The van der Waals surface area contributed by atoms with Gasteiger partial charge in [-0.3, -0.25) is 14.4 Å². The zero-order chi connectivity index (χ0) is 29.7. The molecule has 3 saturated heterocycles. The number of allylic oxidation sites excluding steroid dienone is 1. The van der Waals surface area contributed by atoms with Crippen LogP contribution in [0.1, 0.15) is 69.8 Å². The zero-order valence-corrected chi connectivity index (χ0v) is 25.5. The third-order valence-electron chi connectivity index (χ3n) is 9.83. The van der Waals surface area contributed by atoms with Gasteiger partial charge in [0, 0.05) is 17.8 Å². The largest absolute Gasteiger partial charge is 0.465 e. The molecule has 3 heterocycles. The number of amides is 2. The number of aliphatic hydroxyl groups is 1. The third-order valence-corrected chi connectivity index (χ3v) is 11.8. The number of nitrogens with zero attached hydrogens (tertiary/aromatic N) is 2. The minimum atomic E-state index is -0.738. The first-order valence-corrected chi connectivity index (χ1v) is 16.7. The summed E-state index contributed by atoms with van der Waals surface area (Å²) in [5.74, 6) is -1.77. The molecule has 1 spiro atoms. The van der Waals surface area contributed by atoms with Gasteiger partial charge in [-0.1, -0.05) is 61.7 Å². The van der Waals surface area contributed by atoms with Gasteiger partial charge in [-0.2, -0.15) is 0 Å². The quantitative estimate of drug-likeness (QED) is 0.187. The van der Waals surface area contributed by atoms with E-state index in [9.17, 15) is 19.5 Å². The monoisotopic (exact) mass is 594 g/mol. The van der Waals surface area contributed by atoms with Gasteiger partial charge in [0.2, 0.25) is 11.8 Å². The van der Waals surface area contributed by atoms with E-state index >= 15 is 0 Å². The van der Waals surface area contributed by atoms with Crippen molar-refractivity contribution in [1.29, 1.82) is 0 Å². The first-order valence-electron chi connectivity index (χ1n) is 15.8. The van der Waals surface area contributed by atoms with Crippen LogP contribution in [0.4, 0.5) is 0 Å². The number of rotatable bonds is 14. The summed E-state index contributed by atoms with van der Waals surface area (Å²) in [5.41, 5.74) is 0.993. The van der Waals surface area contributed by atoms with E-state index in [1.165, 1.54) is 6.42 Å². The number of thioether (sulfide) groups is 1. The molecule has 0 radical (unpaired) electrons. The average Bonchev–Trinajstić information content (AvgIpc) is 3.66. The van der Waals surface area contributed by atoms with Gasteiger partial charge in [0.15, 0.2) is 0 Å². The summed E-state index contributed by atoms with van der Waals surface area (Å²) in [6.45, 7) is 8.19. The van der Waals surface area contributed by atoms with Crippen LogP contribution in [0.25, 0.3) is 0 Å². The normalized spacial score (nSPS) is 29.3. The number of ether oxygens (including phenoxy) is 1. The number of hydrogen-bond donors (Lipinski definition) is 1. The summed E-state index contributed by atoms with van der Waals surface area (Å²) in [6.07, 6.45) is 13.3. The van der Waals surface area contributed by atoms with Crippen molar-refractivity contribution in [2.24, 2.45) is 11.8 Å². The minimum absolute atomic E-state index is 0.0405. The highest BCUT2D eigenvalue weighted by atomic mass is 32.2. The molecule has 2 bridgehead atoms. The van der Waals surface area contributed by atoms with Crippen molar-refractivity contribution in [3.63, 3.8) is 0 Å². The standard InChI is InChI=1S/C34H46N2O5S/c1-3-5-6-13-21-41-33(40)28-27-18-19-34(42-27)29(28)31(38)36(26(23-37)22-24-14-9-7-10-15-24)30(34)32(39)35(20-4-2)25-16-11-8-12-17-25/h3-4,7,9-10,14-15,25-30,37H,1-2,5-6,8,11-13,16-23H2/t26-,27-,28+,29+,30?,34?/m1/s1. The Kier molecular flexibility index (Phi) is 10.1. The Morgan fingerprint density at radius 2 is 1.88 bits per heavy atom. The molecule has 1 aromatic rings. The number of unbranched alkanes of at least 4 members (excludes halogenated alkanes) is 2. The molecule has 42 heavy (non-hydrogen) atoms. The lowest BCUT2D eigenvalue weighted by atomic mass is 9.71. The number of esters is 1. The molecule has 3 aliphatic heterocycles. The number of likely N-dealkylation sites (tertiary alicyclic amines) is 1. The van der Waals surface area contributed by atoms with Crippen molar-refractivity contribution < 1.29 is 24.2 Å². The molecule has 6 atom stereocenters. The fourth-order valence-corrected chi connectivity index (χ4v) is 10.1. The predicted octanol–water partition coefficient (Wildman–Crippen LogP) is 4.93. The van der Waals surface area contributed by atoms with Gasteiger partial charge in [-0.15, -0.1) is 24.9 Å². The first kappa shape index (κ1) is 30.9. The lowest BCUT2D eigenvalue weighted by molar-refractivity contribution is -0.154. The van der Waals surface area contributed by atoms with Gasteiger partial charge in [-0.25, -0.2) is 0 Å². The second-order valence-electron chi connectivity index (χ2n) is 12.4. The Bertz CT molecular complexity index is 1140. The number of fused-ring (bicyclic) bond motifs is 1. The van der Waals surface area contributed by atoms with Crippen molar-refractivity contribution in [3.05, 3.63) is 61.2 Å². The lowest BCUT2D eigenvalue weighted by Gasteiger charge is -2.42. The molecule has 1 aliphatic carbocycles. The first-order chi connectivity index (χ1) is 20.5. The molecule has 7 nitrogen and oxygen atoms in total. The van der Waals surface area contributed by atoms with Crippen molar-refractivity contribution in [1.82, 2.24) is 9.80 Å². The minimum Gasteiger partial charge on any atom is -0.465 e. The maximum absolute atomic E-state index is 14.8. The van der Waals surface area contributed by atoms with Crippen LogP contribution in [0.2, 0.25) is 0 Å². The molecule has 228 valence electrons. The maximum Gasteiger partial charge on any atom is 0.310 e. The smallest absolute Gasteiger partial charge is 0.310 e. The van der Waals surface area contributed by atoms with Crippen LogP contribution in [0.3, 0.4) is 0 Å². The molecule has 1 aromatic carbocycles. The van der Waals surface area contributed by atoms with Gasteiger partial charge in [0.05, 0.1) is 35.8 Å². The molecule has 0 aromatic heterocycles. The second kappa shape index (κ2) is 13.8. The summed E-state index contributed by atoms with van der Waals surface area (Å²) < 4.78 is 5.05. The van der Waals surface area contributed by atoms with Crippen LogP contribution in [-0.2, 0) is 25.5 Å². The zero-order valence-electron chi connectivity index (χ0n) is 24.7. The van der Waals surface area contributed by atoms with Crippen molar-refractivity contribution in [3.8, 4) is 0 Å². The van der Waals surface area contributed by atoms with Crippen molar-refractivity contribution in [2.75, 3.05) is 19.8 Å². The molecule has 2 unspecified atom stereocenters. The SMILES string of the molecule is C=CCCCCOC(=O)[C@@H]1[C@H]2C(=O)N([C@@H](CO)Cc3ccccc3)C(C(=O)N(CC=C)C3CCCCC3)C23CC[C@H]1S3. The Morgan fingerprint density at radius 3 is 2.57 bits per heavy atom. The van der Waals surface area contributed by atoms with Crippen LogP contribution < -0.4 is 0 Å². The van der Waals surface area contributed by atoms with Gasteiger partial charge in [0.25, 0.3) is 0 Å². The molecule has 4 aliphatic rings. The summed E-state index contributed by atoms with van der Waals surface area (Å²) in [7, 11) is 0. The summed E-state index contributed by atoms with van der Waals surface area (Å²) in [5, 5.41) is 10.7. The van der Waals surface area contributed by atoms with Crippen LogP contribution in [-0.4, -0.2) is 80.6 Å². The van der Waals surface area contributed by atoms with E-state index in [0.717, 1.165) is 56.9 Å². The van der Waals surface area contributed by atoms with Crippen molar-refractivity contribution >= 4 is 29.5 Å². The van der Waals surface area contributed by atoms with Crippen LogP contribution in [0.5, 0.6) is 0 Å². The Labute approximate surface area is 254 Å². The molecule has 1 saturated carbocycles.